The highest BCUT2D eigenvalue weighted by Crippen LogP contribution is 2.37. The minimum Gasteiger partial charge on any atom is -0.324 e. The minimum absolute atomic E-state index is 0.416. The zero-order chi connectivity index (χ0) is 16.7. The molecular weight excluding hydrogens is 432 g/mol. The predicted octanol–water partition coefficient (Wildman–Crippen LogP) is 5.03. The van der Waals surface area contributed by atoms with Gasteiger partial charge in [0.2, 0.25) is 5.95 Å². The summed E-state index contributed by atoms with van der Waals surface area (Å²) >= 11 is 6.98. The highest BCUT2D eigenvalue weighted by molar-refractivity contribution is 9.10. The number of aromatic nitrogens is 3. The molecule has 1 unspecified atom stereocenters. The van der Waals surface area contributed by atoms with E-state index in [9.17, 15) is 0 Å². The van der Waals surface area contributed by atoms with Gasteiger partial charge in [0.25, 0.3) is 0 Å². The van der Waals surface area contributed by atoms with E-state index in [1.807, 2.05) is 28.9 Å². The molecule has 2 heterocycles. The first-order chi connectivity index (χ1) is 11.6. The van der Waals surface area contributed by atoms with E-state index in [1.165, 1.54) is 0 Å². The second-order valence-corrected chi connectivity index (χ2v) is 7.67. The van der Waals surface area contributed by atoms with Gasteiger partial charge in [-0.05, 0) is 48.4 Å². The van der Waals surface area contributed by atoms with E-state index < -0.39 is 5.54 Å². The summed E-state index contributed by atoms with van der Waals surface area (Å²) in [5.74, 6) is 0.737. The summed E-state index contributed by atoms with van der Waals surface area (Å²) < 4.78 is 4.03. The van der Waals surface area contributed by atoms with Gasteiger partial charge in [-0.25, -0.2) is 4.68 Å². The maximum Gasteiger partial charge on any atom is 0.226 e. The van der Waals surface area contributed by atoms with Crippen LogP contribution in [-0.2, 0) is 5.54 Å². The largest absolute Gasteiger partial charge is 0.324 e. The van der Waals surface area contributed by atoms with E-state index in [1.54, 1.807) is 6.33 Å². The third kappa shape index (κ3) is 2.59. The Morgan fingerprint density at radius 2 is 1.58 bits per heavy atom. The summed E-state index contributed by atoms with van der Waals surface area (Å²) in [6.07, 6.45) is 3.78. The van der Waals surface area contributed by atoms with Gasteiger partial charge in [-0.1, -0.05) is 56.1 Å². The molecule has 0 amide bonds. The van der Waals surface area contributed by atoms with Crippen molar-refractivity contribution in [3.05, 3.63) is 81.0 Å². The highest BCUT2D eigenvalue weighted by Gasteiger charge is 2.34. The SMILES string of the molecule is CC1(c2ccc(Br)cc2)C=C(c2ccc(Br)cc2)Nc2ncnn21. The van der Waals surface area contributed by atoms with Crippen molar-refractivity contribution >= 4 is 43.5 Å². The fraction of sp³-hybridized carbons (Fsp3) is 0.111. The number of fused-ring (bicyclic) bond motifs is 1. The first-order valence-corrected chi connectivity index (χ1v) is 9.07. The van der Waals surface area contributed by atoms with Crippen LogP contribution in [0.1, 0.15) is 18.1 Å². The topological polar surface area (TPSA) is 42.7 Å². The van der Waals surface area contributed by atoms with Gasteiger partial charge in [0.1, 0.15) is 11.9 Å². The lowest BCUT2D eigenvalue weighted by atomic mass is 9.89. The summed E-state index contributed by atoms with van der Waals surface area (Å²) in [5, 5.41) is 7.81. The van der Waals surface area contributed by atoms with E-state index in [4.69, 9.17) is 0 Å². The van der Waals surface area contributed by atoms with Gasteiger partial charge in [0.15, 0.2) is 0 Å². The average Bonchev–Trinajstić information content (AvgIpc) is 3.05. The van der Waals surface area contributed by atoms with Crippen LogP contribution in [-0.4, -0.2) is 14.8 Å². The van der Waals surface area contributed by atoms with Crippen molar-refractivity contribution in [3.63, 3.8) is 0 Å². The molecule has 4 nitrogen and oxygen atoms in total. The summed E-state index contributed by atoms with van der Waals surface area (Å²) in [6, 6.07) is 16.5. The van der Waals surface area contributed by atoms with Gasteiger partial charge in [-0.2, -0.15) is 10.1 Å². The Morgan fingerprint density at radius 1 is 0.958 bits per heavy atom. The number of nitrogens with zero attached hydrogens (tertiary/aromatic N) is 3. The zero-order valence-corrected chi connectivity index (χ0v) is 16.0. The van der Waals surface area contributed by atoms with Crippen molar-refractivity contribution < 1.29 is 0 Å². The summed E-state index contributed by atoms with van der Waals surface area (Å²) in [4.78, 5) is 4.37. The van der Waals surface area contributed by atoms with E-state index in [0.717, 1.165) is 31.7 Å². The number of hydrogen-bond acceptors (Lipinski definition) is 3. The van der Waals surface area contributed by atoms with Crippen molar-refractivity contribution in [2.24, 2.45) is 0 Å². The molecule has 6 heteroatoms. The molecule has 1 N–H and O–H groups in total. The van der Waals surface area contributed by atoms with Crippen LogP contribution in [0, 0.1) is 0 Å². The van der Waals surface area contributed by atoms with E-state index in [0.29, 0.717) is 0 Å². The van der Waals surface area contributed by atoms with Gasteiger partial charge in [-0.3, -0.25) is 0 Å². The molecule has 0 aliphatic carbocycles. The summed E-state index contributed by atoms with van der Waals surface area (Å²) in [5.41, 5.74) is 2.86. The molecule has 0 saturated carbocycles. The molecule has 4 rings (SSSR count). The molecule has 24 heavy (non-hydrogen) atoms. The van der Waals surface area contributed by atoms with Crippen LogP contribution in [0.3, 0.4) is 0 Å². The molecule has 0 radical (unpaired) electrons. The Morgan fingerprint density at radius 3 is 2.25 bits per heavy atom. The molecule has 0 spiro atoms. The van der Waals surface area contributed by atoms with Gasteiger partial charge in [0.05, 0.1) is 0 Å². The maximum atomic E-state index is 4.43. The van der Waals surface area contributed by atoms with E-state index in [-0.39, 0.29) is 0 Å². The second-order valence-electron chi connectivity index (χ2n) is 5.84. The van der Waals surface area contributed by atoms with Crippen LogP contribution in [0.4, 0.5) is 5.95 Å². The minimum atomic E-state index is -0.416. The summed E-state index contributed by atoms with van der Waals surface area (Å²) in [6.45, 7) is 2.15. The number of anilines is 1. The standard InChI is InChI=1S/C18H14Br2N4/c1-18(13-4-8-15(20)9-5-13)10-16(12-2-6-14(19)7-3-12)23-17-21-11-22-24(17)18/h2-11H,1H3,(H,21,22,23). The molecule has 1 aromatic heterocycles. The van der Waals surface area contributed by atoms with Crippen LogP contribution in [0.25, 0.3) is 5.70 Å². The number of rotatable bonds is 2. The van der Waals surface area contributed by atoms with Crippen molar-refractivity contribution in [2.75, 3.05) is 5.32 Å². The van der Waals surface area contributed by atoms with Crippen LogP contribution in [0.5, 0.6) is 0 Å². The van der Waals surface area contributed by atoms with Gasteiger partial charge >= 0.3 is 0 Å². The Bertz CT molecular complexity index is 913. The predicted molar refractivity (Wildman–Crippen MR) is 103 cm³/mol. The quantitative estimate of drug-likeness (QED) is 0.601. The monoisotopic (exact) mass is 444 g/mol. The van der Waals surface area contributed by atoms with Gasteiger partial charge in [-0.15, -0.1) is 0 Å². The number of benzene rings is 2. The van der Waals surface area contributed by atoms with Crippen LogP contribution in [0.15, 0.2) is 69.9 Å². The lowest BCUT2D eigenvalue weighted by molar-refractivity contribution is 0.442. The fourth-order valence-electron chi connectivity index (χ4n) is 2.94. The van der Waals surface area contributed by atoms with Crippen molar-refractivity contribution in [1.82, 2.24) is 14.8 Å². The zero-order valence-electron chi connectivity index (χ0n) is 12.9. The normalized spacial score (nSPS) is 19.4. The van der Waals surface area contributed by atoms with Crippen LogP contribution in [0.2, 0.25) is 0 Å². The smallest absolute Gasteiger partial charge is 0.226 e. The average molecular weight is 446 g/mol. The molecule has 120 valence electrons. The molecular formula is C18H14Br2N4. The third-order valence-electron chi connectivity index (χ3n) is 4.24. The molecule has 1 aliphatic heterocycles. The first kappa shape index (κ1) is 15.6. The molecule has 0 fully saturated rings. The molecule has 0 bridgehead atoms. The van der Waals surface area contributed by atoms with Crippen LogP contribution >= 0.6 is 31.9 Å². The number of halogens is 2. The van der Waals surface area contributed by atoms with Crippen LogP contribution < -0.4 is 5.32 Å². The lowest BCUT2D eigenvalue weighted by Gasteiger charge is -2.33. The first-order valence-electron chi connectivity index (χ1n) is 7.49. The number of hydrogen-bond donors (Lipinski definition) is 1. The number of nitrogens with one attached hydrogen (secondary N) is 1. The third-order valence-corrected chi connectivity index (χ3v) is 5.30. The van der Waals surface area contributed by atoms with Gasteiger partial charge < -0.3 is 5.32 Å². The molecule has 0 saturated heterocycles. The summed E-state index contributed by atoms with van der Waals surface area (Å²) in [7, 11) is 0. The maximum absolute atomic E-state index is 4.43. The van der Waals surface area contributed by atoms with Crippen molar-refractivity contribution in [1.29, 1.82) is 0 Å². The Hall–Kier alpha value is -1.92. The van der Waals surface area contributed by atoms with Crippen molar-refractivity contribution in [2.45, 2.75) is 12.5 Å². The van der Waals surface area contributed by atoms with E-state index in [2.05, 4.69) is 84.5 Å². The highest BCUT2D eigenvalue weighted by atomic mass is 79.9. The van der Waals surface area contributed by atoms with Crippen molar-refractivity contribution in [3.8, 4) is 0 Å². The lowest BCUT2D eigenvalue weighted by Crippen LogP contribution is -2.35. The molecule has 1 aliphatic rings. The molecule has 1 atom stereocenters. The molecule has 2 aromatic carbocycles. The fourth-order valence-corrected chi connectivity index (χ4v) is 3.47. The molecule has 3 aromatic rings. The van der Waals surface area contributed by atoms with Gasteiger partial charge in [0, 0.05) is 14.6 Å². The Balaban J connectivity index is 1.87. The second kappa shape index (κ2) is 5.86. The van der Waals surface area contributed by atoms with E-state index >= 15 is 0 Å². The number of allylic oxidation sites excluding steroid dienone is 1. The Labute approximate surface area is 156 Å². The Kier molecular flexibility index (Phi) is 3.81.